The monoisotopic (exact) mass is 470 g/mol. The maximum atomic E-state index is 13.3. The summed E-state index contributed by atoms with van der Waals surface area (Å²) in [6.07, 6.45) is 6.50. The minimum atomic E-state index is -1.32. The first kappa shape index (κ1) is 21.7. The van der Waals surface area contributed by atoms with Crippen LogP contribution in [0, 0.1) is 40.9 Å². The molecule has 4 aliphatic carbocycles. The maximum Gasteiger partial charge on any atom is 0.309 e. The smallest absolute Gasteiger partial charge is 0.309 e. The molecule has 0 spiro atoms. The van der Waals surface area contributed by atoms with Crippen molar-refractivity contribution in [1.29, 1.82) is 0 Å². The van der Waals surface area contributed by atoms with Crippen LogP contribution in [-0.2, 0) is 23.8 Å². The molecule has 184 valence electrons. The Kier molecular flexibility index (Phi) is 3.98. The Labute approximate surface area is 199 Å². The van der Waals surface area contributed by atoms with Crippen LogP contribution in [0.25, 0.3) is 0 Å². The molecule has 2 N–H and O–H groups in total. The second-order valence-electron chi connectivity index (χ2n) is 12.5. The molecule has 0 aromatic carbocycles. The van der Waals surface area contributed by atoms with Crippen molar-refractivity contribution >= 4 is 11.8 Å². The van der Waals surface area contributed by atoms with Gasteiger partial charge in [0.05, 0.1) is 34.6 Å². The highest BCUT2D eigenvalue weighted by atomic mass is 16.7. The first-order valence-corrected chi connectivity index (χ1v) is 12.9. The number of hydrogen-bond acceptors (Lipinski definition) is 7. The van der Waals surface area contributed by atoms with E-state index in [1.807, 2.05) is 26.8 Å². The standard InChI is InChI=1S/C27H34O7/c1-12-13(2)23(29)32-20(12)22-25(4,30)19-17-11-26(31)15-9-8-14-6-5-7-18(28)24(14,3)16(15)10-27(33-17,34-22)21(19)26/h5,7-8,12-13,15-17,19-22,30-31H,6,9-11H2,1-4H3/t12-,13-,15-,16+,17-,19+,20-,21+,22-,24+,25-,26-,27+/m1/s1. The molecule has 3 heterocycles. The van der Waals surface area contributed by atoms with Crippen LogP contribution in [0.4, 0.5) is 0 Å². The molecule has 7 heteroatoms. The third-order valence-electron chi connectivity index (χ3n) is 11.2. The van der Waals surface area contributed by atoms with Crippen LogP contribution in [0.5, 0.6) is 0 Å². The molecule has 5 fully saturated rings. The van der Waals surface area contributed by atoms with Gasteiger partial charge < -0.3 is 24.4 Å². The Morgan fingerprint density at radius 1 is 1.06 bits per heavy atom. The van der Waals surface area contributed by atoms with Crippen LogP contribution in [0.3, 0.4) is 0 Å². The predicted molar refractivity (Wildman–Crippen MR) is 119 cm³/mol. The highest BCUT2D eigenvalue weighted by Crippen LogP contribution is 2.73. The molecule has 0 aromatic heterocycles. The number of carbonyl (C=O) groups excluding carboxylic acids is 2. The van der Waals surface area contributed by atoms with Crippen LogP contribution in [0.2, 0.25) is 0 Å². The molecule has 2 saturated carbocycles. The Hall–Kier alpha value is -1.54. The van der Waals surface area contributed by atoms with Crippen molar-refractivity contribution in [1.82, 2.24) is 0 Å². The Morgan fingerprint density at radius 2 is 1.82 bits per heavy atom. The summed E-state index contributed by atoms with van der Waals surface area (Å²) in [6, 6.07) is 0. The van der Waals surface area contributed by atoms with Crippen molar-refractivity contribution in [3.05, 3.63) is 23.8 Å². The van der Waals surface area contributed by atoms with Crippen LogP contribution >= 0.6 is 0 Å². The number of carbonyl (C=O) groups is 2. The van der Waals surface area contributed by atoms with E-state index < -0.39 is 34.6 Å². The van der Waals surface area contributed by atoms with E-state index >= 15 is 0 Å². The number of ketones is 1. The summed E-state index contributed by atoms with van der Waals surface area (Å²) in [5.74, 6) is -2.60. The topological polar surface area (TPSA) is 102 Å². The SMILES string of the molecule is C[C@H]1[C@H]([C@H]2O[C@]34C[C@H]5[C@@H](CC=C6CC=CC(=O)[C@@]65C)[C@]5(O)C[C@@H](O3)[C@@H]([C@H]45)[C@@]2(C)O)OC(=O)[C@@H]1C. The molecule has 0 unspecified atom stereocenters. The van der Waals surface area contributed by atoms with Gasteiger partial charge in [-0.3, -0.25) is 9.59 Å². The van der Waals surface area contributed by atoms with Crippen LogP contribution in [-0.4, -0.2) is 57.3 Å². The fourth-order valence-electron chi connectivity index (χ4n) is 9.32. The highest BCUT2D eigenvalue weighted by Gasteiger charge is 2.83. The quantitative estimate of drug-likeness (QED) is 0.448. The molecule has 3 saturated heterocycles. The first-order chi connectivity index (χ1) is 15.9. The lowest BCUT2D eigenvalue weighted by Crippen LogP contribution is -2.73. The van der Waals surface area contributed by atoms with E-state index in [9.17, 15) is 19.8 Å². The lowest BCUT2D eigenvalue weighted by atomic mass is 9.47. The lowest BCUT2D eigenvalue weighted by Gasteiger charge is -2.64. The van der Waals surface area contributed by atoms with Gasteiger partial charge >= 0.3 is 5.97 Å². The molecule has 3 aliphatic heterocycles. The summed E-state index contributed by atoms with van der Waals surface area (Å²) in [5, 5.41) is 24.2. The van der Waals surface area contributed by atoms with E-state index in [1.165, 1.54) is 0 Å². The highest BCUT2D eigenvalue weighted by molar-refractivity contribution is 5.98. The molecule has 7 nitrogen and oxygen atoms in total. The zero-order valence-corrected chi connectivity index (χ0v) is 20.2. The van der Waals surface area contributed by atoms with Gasteiger partial charge in [0.25, 0.3) is 0 Å². The summed E-state index contributed by atoms with van der Waals surface area (Å²) >= 11 is 0. The Balaban J connectivity index is 1.34. The number of allylic oxidation sites excluding steroid dienone is 4. The number of ether oxygens (including phenoxy) is 3. The molecular weight excluding hydrogens is 436 g/mol. The number of cyclic esters (lactones) is 1. The van der Waals surface area contributed by atoms with Crippen molar-refractivity contribution in [2.24, 2.45) is 40.9 Å². The number of hydrogen-bond donors (Lipinski definition) is 2. The number of rotatable bonds is 1. The van der Waals surface area contributed by atoms with Gasteiger partial charge in [-0.2, -0.15) is 0 Å². The van der Waals surface area contributed by atoms with Gasteiger partial charge in [0.15, 0.2) is 11.6 Å². The van der Waals surface area contributed by atoms with E-state index in [-0.39, 0.29) is 53.4 Å². The van der Waals surface area contributed by atoms with Gasteiger partial charge in [-0.25, -0.2) is 0 Å². The van der Waals surface area contributed by atoms with Gasteiger partial charge in [0.2, 0.25) is 0 Å². The van der Waals surface area contributed by atoms with Gasteiger partial charge in [-0.1, -0.05) is 31.6 Å². The zero-order valence-electron chi connectivity index (χ0n) is 20.2. The van der Waals surface area contributed by atoms with E-state index in [1.54, 1.807) is 13.0 Å². The zero-order chi connectivity index (χ0) is 24.0. The second kappa shape index (κ2) is 6.23. The molecule has 13 atom stereocenters. The van der Waals surface area contributed by atoms with E-state index in [2.05, 4.69) is 6.08 Å². The van der Waals surface area contributed by atoms with Crippen molar-refractivity contribution < 1.29 is 34.0 Å². The molecule has 0 amide bonds. The summed E-state index contributed by atoms with van der Waals surface area (Å²) in [6.45, 7) is 7.58. The lowest BCUT2D eigenvalue weighted by molar-refractivity contribution is -0.386. The van der Waals surface area contributed by atoms with Crippen LogP contribution in [0.15, 0.2) is 23.8 Å². The van der Waals surface area contributed by atoms with Crippen molar-refractivity contribution in [2.45, 2.75) is 88.7 Å². The minimum absolute atomic E-state index is 0.0788. The minimum Gasteiger partial charge on any atom is -0.459 e. The summed E-state index contributed by atoms with van der Waals surface area (Å²) in [7, 11) is 0. The van der Waals surface area contributed by atoms with E-state index in [0.717, 1.165) is 18.4 Å². The van der Waals surface area contributed by atoms with Gasteiger partial charge in [0, 0.05) is 24.7 Å². The fraction of sp³-hybridized carbons (Fsp3) is 0.778. The predicted octanol–water partition coefficient (Wildman–Crippen LogP) is 2.30. The molecule has 4 bridgehead atoms. The average molecular weight is 471 g/mol. The Bertz CT molecular complexity index is 1060. The number of esters is 1. The fourth-order valence-corrected chi connectivity index (χ4v) is 9.32. The normalized spacial score (nSPS) is 61.1. The van der Waals surface area contributed by atoms with Gasteiger partial charge in [0.1, 0.15) is 12.2 Å². The molecular formula is C27H34O7. The molecule has 7 rings (SSSR count). The van der Waals surface area contributed by atoms with Gasteiger partial charge in [-0.05, 0) is 44.6 Å². The summed E-state index contributed by atoms with van der Waals surface area (Å²) in [5.41, 5.74) is -1.97. The van der Waals surface area contributed by atoms with Crippen LogP contribution in [0.1, 0.15) is 53.4 Å². The van der Waals surface area contributed by atoms with Crippen molar-refractivity contribution in [3.8, 4) is 0 Å². The number of fused-ring (bicyclic) bond motifs is 4. The molecule has 0 radical (unpaired) electrons. The van der Waals surface area contributed by atoms with E-state index in [4.69, 9.17) is 14.2 Å². The molecule has 0 aromatic rings. The van der Waals surface area contributed by atoms with Crippen molar-refractivity contribution in [3.63, 3.8) is 0 Å². The van der Waals surface area contributed by atoms with E-state index in [0.29, 0.717) is 12.8 Å². The number of aliphatic hydroxyl groups is 2. The summed E-state index contributed by atoms with van der Waals surface area (Å²) < 4.78 is 19.1. The molecule has 34 heavy (non-hydrogen) atoms. The largest absolute Gasteiger partial charge is 0.459 e. The molecule has 7 aliphatic rings. The first-order valence-electron chi connectivity index (χ1n) is 12.9. The maximum absolute atomic E-state index is 13.3. The third kappa shape index (κ3) is 2.21. The average Bonchev–Trinajstić information content (AvgIpc) is 3.33. The van der Waals surface area contributed by atoms with Gasteiger partial charge in [-0.15, -0.1) is 0 Å². The summed E-state index contributed by atoms with van der Waals surface area (Å²) in [4.78, 5) is 25.7. The second-order valence-corrected chi connectivity index (χ2v) is 12.5. The van der Waals surface area contributed by atoms with Crippen molar-refractivity contribution in [2.75, 3.05) is 0 Å². The third-order valence-corrected chi connectivity index (χ3v) is 11.2. The Morgan fingerprint density at radius 3 is 2.53 bits per heavy atom. The van der Waals surface area contributed by atoms with Crippen LogP contribution < -0.4 is 0 Å².